The summed E-state index contributed by atoms with van der Waals surface area (Å²) in [5, 5.41) is 5.41. The van der Waals surface area contributed by atoms with Crippen LogP contribution in [0.2, 0.25) is 5.02 Å². The van der Waals surface area contributed by atoms with Gasteiger partial charge in [0, 0.05) is 13.6 Å². The molecule has 0 fully saturated rings. The molecule has 1 N–H and O–H groups in total. The lowest BCUT2D eigenvalue weighted by Gasteiger charge is -2.06. The molecule has 0 spiro atoms. The van der Waals surface area contributed by atoms with E-state index < -0.39 is 28.5 Å². The highest BCUT2D eigenvalue weighted by molar-refractivity contribution is 6.34. The molecule has 1 rings (SSSR count). The van der Waals surface area contributed by atoms with E-state index in [-0.39, 0.29) is 0 Å². The number of aromatic nitrogens is 2. The lowest BCUT2D eigenvalue weighted by Crippen LogP contribution is -2.25. The number of nitrogens with zero attached hydrogens (tertiary/aromatic N) is 2. The van der Waals surface area contributed by atoms with Crippen LogP contribution in [0.5, 0.6) is 0 Å². The molecule has 0 aromatic carbocycles. The zero-order valence-corrected chi connectivity index (χ0v) is 12.1. The Bertz CT molecular complexity index is 471. The summed E-state index contributed by atoms with van der Waals surface area (Å²) in [7, 11) is 1.10. The molecule has 0 atom stereocenters. The van der Waals surface area contributed by atoms with Crippen LogP contribution in [-0.2, 0) is 13.2 Å². The molecule has 114 valence electrons. The number of hydrogen-bond acceptors (Lipinski definition) is 2. The summed E-state index contributed by atoms with van der Waals surface area (Å²) in [6.45, 7) is 2.46. The van der Waals surface area contributed by atoms with Gasteiger partial charge < -0.3 is 5.32 Å². The van der Waals surface area contributed by atoms with Crippen molar-refractivity contribution >= 4 is 17.5 Å². The van der Waals surface area contributed by atoms with E-state index in [4.69, 9.17) is 11.6 Å². The van der Waals surface area contributed by atoms with Crippen molar-refractivity contribution in [3.05, 3.63) is 16.4 Å². The molecule has 1 amide bonds. The molecule has 1 heterocycles. The maximum atomic E-state index is 12.7. The van der Waals surface area contributed by atoms with Gasteiger partial charge in [-0.2, -0.15) is 18.3 Å². The smallest absolute Gasteiger partial charge is 0.351 e. The van der Waals surface area contributed by atoms with E-state index in [1.165, 1.54) is 0 Å². The maximum Gasteiger partial charge on any atom is 0.434 e. The summed E-state index contributed by atoms with van der Waals surface area (Å²) < 4.78 is 38.7. The normalized spacial score (nSPS) is 11.7. The fourth-order valence-electron chi connectivity index (χ4n) is 1.79. The lowest BCUT2D eigenvalue weighted by molar-refractivity contribution is -0.143. The Labute approximate surface area is 120 Å². The second-order valence-electron chi connectivity index (χ2n) is 4.45. The predicted molar refractivity (Wildman–Crippen MR) is 69.7 cm³/mol. The minimum absolute atomic E-state index is 0.392. The zero-order chi connectivity index (χ0) is 15.3. The van der Waals surface area contributed by atoms with Crippen molar-refractivity contribution in [3.63, 3.8) is 0 Å². The largest absolute Gasteiger partial charge is 0.434 e. The van der Waals surface area contributed by atoms with Crippen LogP contribution in [0.15, 0.2) is 0 Å². The topological polar surface area (TPSA) is 46.9 Å². The van der Waals surface area contributed by atoms with Gasteiger partial charge in [0.2, 0.25) is 0 Å². The van der Waals surface area contributed by atoms with Gasteiger partial charge in [0.1, 0.15) is 5.02 Å². The molecule has 0 unspecified atom stereocenters. The number of carbonyl (C=O) groups is 1. The van der Waals surface area contributed by atoms with Gasteiger partial charge in [-0.15, -0.1) is 0 Å². The molecular formula is C12H17ClF3N3O. The van der Waals surface area contributed by atoms with Gasteiger partial charge in [-0.05, 0) is 6.42 Å². The van der Waals surface area contributed by atoms with Crippen LogP contribution < -0.4 is 5.32 Å². The number of carbonyl (C=O) groups excluding carboxylic acids is 1. The number of rotatable bonds is 6. The third-order valence-electron chi connectivity index (χ3n) is 2.79. The van der Waals surface area contributed by atoms with E-state index in [0.29, 0.717) is 11.2 Å². The van der Waals surface area contributed by atoms with Gasteiger partial charge in [-0.1, -0.05) is 37.8 Å². The first-order chi connectivity index (χ1) is 9.29. The highest BCUT2D eigenvalue weighted by atomic mass is 35.5. The zero-order valence-electron chi connectivity index (χ0n) is 11.4. The number of aryl methyl sites for hydroxylation is 1. The maximum absolute atomic E-state index is 12.7. The number of halogens is 4. The Morgan fingerprint density at radius 3 is 2.50 bits per heavy atom. The number of amides is 1. The monoisotopic (exact) mass is 311 g/mol. The van der Waals surface area contributed by atoms with Crippen LogP contribution >= 0.6 is 11.6 Å². The highest BCUT2D eigenvalue weighted by Gasteiger charge is 2.39. The lowest BCUT2D eigenvalue weighted by atomic mass is 10.2. The molecule has 0 aliphatic rings. The Hall–Kier alpha value is -1.24. The van der Waals surface area contributed by atoms with E-state index in [1.807, 2.05) is 0 Å². The summed E-state index contributed by atoms with van der Waals surface area (Å²) in [6.07, 6.45) is -0.789. The van der Waals surface area contributed by atoms with Crippen LogP contribution in [0, 0.1) is 0 Å². The molecule has 8 heteroatoms. The van der Waals surface area contributed by atoms with Crippen molar-refractivity contribution in [2.45, 2.75) is 38.8 Å². The van der Waals surface area contributed by atoms with Crippen LogP contribution in [0.4, 0.5) is 13.2 Å². The molecule has 0 saturated carbocycles. The molecule has 4 nitrogen and oxygen atoms in total. The summed E-state index contributed by atoms with van der Waals surface area (Å²) in [6, 6.07) is 0. The second-order valence-corrected chi connectivity index (χ2v) is 4.83. The molecule has 1 aromatic rings. The first kappa shape index (κ1) is 16.8. The van der Waals surface area contributed by atoms with Gasteiger partial charge in [0.15, 0.2) is 11.4 Å². The van der Waals surface area contributed by atoms with E-state index in [2.05, 4.69) is 17.3 Å². The summed E-state index contributed by atoms with van der Waals surface area (Å²) in [5.41, 5.74) is -1.51. The van der Waals surface area contributed by atoms with Crippen molar-refractivity contribution in [1.29, 1.82) is 0 Å². The van der Waals surface area contributed by atoms with Gasteiger partial charge >= 0.3 is 6.18 Å². The van der Waals surface area contributed by atoms with Crippen LogP contribution in [-0.4, -0.2) is 22.2 Å². The minimum atomic E-state index is -4.64. The third-order valence-corrected chi connectivity index (χ3v) is 3.15. The Morgan fingerprint density at radius 1 is 1.35 bits per heavy atom. The van der Waals surface area contributed by atoms with Gasteiger partial charge in [-0.25, -0.2) is 0 Å². The minimum Gasteiger partial charge on any atom is -0.351 e. The second kappa shape index (κ2) is 6.97. The van der Waals surface area contributed by atoms with Crippen molar-refractivity contribution < 1.29 is 18.0 Å². The number of hydrogen-bond donors (Lipinski definition) is 1. The molecule has 20 heavy (non-hydrogen) atoms. The Morgan fingerprint density at radius 2 is 2.00 bits per heavy atom. The average Bonchev–Trinajstić information content (AvgIpc) is 2.63. The van der Waals surface area contributed by atoms with Crippen molar-refractivity contribution in [1.82, 2.24) is 15.1 Å². The molecule has 1 aromatic heterocycles. The van der Waals surface area contributed by atoms with Gasteiger partial charge in [0.25, 0.3) is 5.91 Å². The summed E-state index contributed by atoms with van der Waals surface area (Å²) in [5.74, 6) is -0.683. The van der Waals surface area contributed by atoms with E-state index >= 15 is 0 Å². The summed E-state index contributed by atoms with van der Waals surface area (Å²) >= 11 is 5.61. The van der Waals surface area contributed by atoms with Crippen molar-refractivity contribution in [2.24, 2.45) is 7.05 Å². The first-order valence-electron chi connectivity index (χ1n) is 6.37. The van der Waals surface area contributed by atoms with E-state index in [0.717, 1.165) is 32.7 Å². The van der Waals surface area contributed by atoms with Crippen molar-refractivity contribution in [3.8, 4) is 0 Å². The standard InChI is InChI=1S/C12H17ClF3N3O/c1-3-4-5-6-7-17-11(20)9-8(13)10(12(14,15)16)19(2)18-9/h3-7H2,1-2H3,(H,17,20). The average molecular weight is 312 g/mol. The van der Waals surface area contributed by atoms with E-state index in [9.17, 15) is 18.0 Å². The fourth-order valence-corrected chi connectivity index (χ4v) is 2.14. The summed E-state index contributed by atoms with van der Waals surface area (Å²) in [4.78, 5) is 11.8. The number of alkyl halides is 3. The fraction of sp³-hybridized carbons (Fsp3) is 0.667. The van der Waals surface area contributed by atoms with Gasteiger partial charge in [0.05, 0.1) is 0 Å². The molecule has 0 bridgehead atoms. The highest BCUT2D eigenvalue weighted by Crippen LogP contribution is 2.35. The van der Waals surface area contributed by atoms with Crippen molar-refractivity contribution in [2.75, 3.05) is 6.54 Å². The number of nitrogens with one attached hydrogen (secondary N) is 1. The molecule has 0 saturated heterocycles. The third kappa shape index (κ3) is 4.13. The SMILES string of the molecule is CCCCCCNC(=O)c1nn(C)c(C(F)(F)F)c1Cl. The first-order valence-corrected chi connectivity index (χ1v) is 6.74. The van der Waals surface area contributed by atoms with Crippen LogP contribution in [0.25, 0.3) is 0 Å². The Kier molecular flexibility index (Phi) is 5.86. The quantitative estimate of drug-likeness (QED) is 0.818. The predicted octanol–water partition coefficient (Wildman–Crippen LogP) is 3.40. The molecule has 0 radical (unpaired) electrons. The molecular weight excluding hydrogens is 295 g/mol. The van der Waals surface area contributed by atoms with Crippen LogP contribution in [0.3, 0.4) is 0 Å². The molecule has 0 aliphatic heterocycles. The van der Waals surface area contributed by atoms with E-state index in [1.54, 1.807) is 0 Å². The van der Waals surface area contributed by atoms with Gasteiger partial charge in [-0.3, -0.25) is 9.48 Å². The Balaban J connectivity index is 2.70. The molecule has 0 aliphatic carbocycles. The van der Waals surface area contributed by atoms with Crippen LogP contribution in [0.1, 0.15) is 48.8 Å². The number of unbranched alkanes of at least 4 members (excludes halogenated alkanes) is 3.